The Morgan fingerprint density at radius 2 is 1.52 bits per heavy atom. The monoisotopic (exact) mass is 746 g/mol. The van der Waals surface area contributed by atoms with Gasteiger partial charge in [-0.3, -0.25) is 33.8 Å². The zero-order valence-electron chi connectivity index (χ0n) is 28.5. The summed E-state index contributed by atoms with van der Waals surface area (Å²) in [5.41, 5.74) is 27.3. The number of carbonyl (C=O) groups is 6. The van der Waals surface area contributed by atoms with E-state index in [-0.39, 0.29) is 48.7 Å². The average molecular weight is 747 g/mol. The van der Waals surface area contributed by atoms with Gasteiger partial charge in [-0.05, 0) is 24.3 Å². The number of amides is 5. The first-order valence-electron chi connectivity index (χ1n) is 15.7. The molecular formula is C30H43ClN14O7. The molecule has 0 bridgehead atoms. The zero-order valence-corrected chi connectivity index (χ0v) is 29.2. The van der Waals surface area contributed by atoms with Crippen molar-refractivity contribution in [2.45, 2.75) is 45.4 Å². The number of hydrogen-bond donors (Lipinski definition) is 10. The zero-order chi connectivity index (χ0) is 38.8. The molecule has 0 aliphatic carbocycles. The van der Waals surface area contributed by atoms with Crippen LogP contribution in [-0.2, 0) is 35.3 Å². The first-order chi connectivity index (χ1) is 24.6. The maximum absolute atomic E-state index is 13.1. The summed E-state index contributed by atoms with van der Waals surface area (Å²) in [4.78, 5) is 90.4. The number of aliphatic imine (C=N–C) groups is 2. The highest BCUT2D eigenvalue weighted by Gasteiger charge is 2.27. The van der Waals surface area contributed by atoms with E-state index in [9.17, 15) is 28.8 Å². The van der Waals surface area contributed by atoms with Crippen molar-refractivity contribution in [3.8, 4) is 0 Å². The second kappa shape index (κ2) is 21.1. The van der Waals surface area contributed by atoms with Gasteiger partial charge in [-0.25, -0.2) is 9.97 Å². The van der Waals surface area contributed by atoms with E-state index in [4.69, 9.17) is 45.0 Å². The molecule has 52 heavy (non-hydrogen) atoms. The van der Waals surface area contributed by atoms with Crippen LogP contribution in [0.1, 0.15) is 42.7 Å². The molecule has 0 saturated carbocycles. The Morgan fingerprint density at radius 1 is 0.865 bits per heavy atom. The van der Waals surface area contributed by atoms with Crippen molar-refractivity contribution in [3.05, 3.63) is 46.7 Å². The number of nitrogens with two attached hydrogens (primary N) is 5. The van der Waals surface area contributed by atoms with Crippen molar-refractivity contribution in [1.82, 2.24) is 31.2 Å². The van der Waals surface area contributed by atoms with Gasteiger partial charge in [0, 0.05) is 6.54 Å². The number of guanidine groups is 2. The molecule has 0 unspecified atom stereocenters. The summed E-state index contributed by atoms with van der Waals surface area (Å²) >= 11 is 6.17. The second-order valence-corrected chi connectivity index (χ2v) is 11.6. The summed E-state index contributed by atoms with van der Waals surface area (Å²) < 4.78 is 5.10. The molecule has 0 aliphatic rings. The largest absolute Gasteiger partial charge is 0.460 e. The normalized spacial score (nSPS) is 11.6. The highest BCUT2D eigenvalue weighted by Crippen LogP contribution is 2.23. The van der Waals surface area contributed by atoms with E-state index >= 15 is 0 Å². The predicted molar refractivity (Wildman–Crippen MR) is 191 cm³/mol. The molecule has 282 valence electrons. The van der Waals surface area contributed by atoms with Crippen LogP contribution in [0.4, 0.5) is 11.6 Å². The lowest BCUT2D eigenvalue weighted by atomic mass is 10.0. The molecule has 0 fully saturated rings. The van der Waals surface area contributed by atoms with Crippen LogP contribution in [0.5, 0.6) is 0 Å². The average Bonchev–Trinajstić information content (AvgIpc) is 3.08. The van der Waals surface area contributed by atoms with E-state index in [1.54, 1.807) is 38.1 Å². The Balaban J connectivity index is 1.97. The Bertz CT molecular complexity index is 1650. The Morgan fingerprint density at radius 3 is 2.15 bits per heavy atom. The highest BCUT2D eigenvalue weighted by atomic mass is 35.5. The van der Waals surface area contributed by atoms with E-state index in [2.05, 4.69) is 46.5 Å². The molecule has 1 aromatic carbocycles. The van der Waals surface area contributed by atoms with Gasteiger partial charge in [-0.15, -0.1) is 0 Å². The molecule has 5 amide bonds. The van der Waals surface area contributed by atoms with Crippen LogP contribution in [0.2, 0.25) is 5.15 Å². The summed E-state index contributed by atoms with van der Waals surface area (Å²) in [6.45, 7) is 2.07. The van der Waals surface area contributed by atoms with E-state index in [1.807, 2.05) is 6.07 Å². The number of halogens is 1. The van der Waals surface area contributed by atoms with Crippen molar-refractivity contribution in [3.63, 3.8) is 0 Å². The van der Waals surface area contributed by atoms with Gasteiger partial charge in [0.1, 0.15) is 25.2 Å². The fraction of sp³-hybridized carbons (Fsp3) is 0.400. The van der Waals surface area contributed by atoms with Crippen LogP contribution in [0.3, 0.4) is 0 Å². The number of hydrogen-bond acceptors (Lipinski definition) is 12. The molecule has 2 atom stereocenters. The first kappa shape index (κ1) is 41.9. The van der Waals surface area contributed by atoms with Gasteiger partial charge in [0.15, 0.2) is 34.4 Å². The van der Waals surface area contributed by atoms with Gasteiger partial charge in [0.25, 0.3) is 0 Å². The van der Waals surface area contributed by atoms with Gasteiger partial charge in [-0.2, -0.15) is 4.99 Å². The quantitative estimate of drug-likeness (QED) is 0.0300. The molecular weight excluding hydrogens is 704 g/mol. The molecule has 2 aromatic rings. The van der Waals surface area contributed by atoms with Gasteiger partial charge in [0.2, 0.25) is 23.6 Å². The fourth-order valence-electron chi connectivity index (χ4n) is 4.14. The number of nitrogens with zero attached hydrogens (tertiary/aromatic N) is 4. The van der Waals surface area contributed by atoms with Crippen LogP contribution >= 0.6 is 11.6 Å². The van der Waals surface area contributed by atoms with Crippen molar-refractivity contribution in [1.29, 1.82) is 0 Å². The number of anilines is 2. The number of rotatable bonds is 19. The summed E-state index contributed by atoms with van der Waals surface area (Å²) in [6.07, 6.45) is 0.328. The van der Waals surface area contributed by atoms with Crippen molar-refractivity contribution in [2.75, 3.05) is 37.2 Å². The number of aromatic nitrogens is 2. The molecule has 1 heterocycles. The summed E-state index contributed by atoms with van der Waals surface area (Å²) in [7, 11) is 0. The maximum atomic E-state index is 13.1. The van der Waals surface area contributed by atoms with E-state index in [1.165, 1.54) is 0 Å². The lowest BCUT2D eigenvalue weighted by molar-refractivity contribution is -0.145. The third-order valence-electron chi connectivity index (χ3n) is 6.67. The molecule has 0 radical (unpaired) electrons. The topological polar surface area (TPSA) is 352 Å². The van der Waals surface area contributed by atoms with Crippen LogP contribution in [0, 0.1) is 5.92 Å². The second-order valence-electron chi connectivity index (χ2n) is 11.2. The van der Waals surface area contributed by atoms with Gasteiger partial charge in [-0.1, -0.05) is 55.8 Å². The molecule has 0 aliphatic heterocycles. The van der Waals surface area contributed by atoms with Crippen LogP contribution in [0.25, 0.3) is 0 Å². The number of benzene rings is 1. The molecule has 22 heteroatoms. The Hall–Kier alpha value is -6.25. The highest BCUT2D eigenvalue weighted by molar-refractivity contribution is 6.32. The van der Waals surface area contributed by atoms with Gasteiger partial charge >= 0.3 is 11.9 Å². The van der Waals surface area contributed by atoms with Crippen LogP contribution in [0.15, 0.2) is 40.3 Å². The summed E-state index contributed by atoms with van der Waals surface area (Å²) in [6, 6.07) is 6.77. The number of nitrogen functional groups attached to an aromatic ring is 1. The number of esters is 1. The fourth-order valence-corrected chi connectivity index (χ4v) is 4.32. The molecule has 1 aromatic heterocycles. The number of ether oxygens (including phenoxy) is 1. The van der Waals surface area contributed by atoms with E-state index < -0.39 is 84.8 Å². The number of nitrogens with one attached hydrogen (secondary N) is 5. The van der Waals surface area contributed by atoms with Gasteiger partial charge in [0.05, 0.1) is 13.1 Å². The number of carbonyl (C=O) groups excluding carboxylic acids is 6. The van der Waals surface area contributed by atoms with Crippen molar-refractivity contribution >= 4 is 70.7 Å². The van der Waals surface area contributed by atoms with Crippen molar-refractivity contribution < 1.29 is 33.5 Å². The molecule has 15 N–H and O–H groups in total. The standard InChI is InChI=1S/C30H43ClN14O7/c1-15(2)21(43-25-23(31)42-22(24(32)44-25)28(51)45-30(35)36)27(50)40-12-19(47)41-17(9-6-10-37-29(33)34)26(49)39-11-18(46)38-13-20(48)52-14-16-7-4-3-5-8-16/h3-5,7-8,15,17,21H,6,9-14H2,1-2H3,(H,38,46)(H,39,49)(H,40,50)(H,41,47)(H3,32,43,44)(H4,33,34,37)(H4,35,36,45,51)/t17-,21-/m0/s1. The van der Waals surface area contributed by atoms with Crippen LogP contribution < -0.4 is 55.3 Å². The molecule has 21 nitrogen and oxygen atoms in total. The van der Waals surface area contributed by atoms with E-state index in [0.717, 1.165) is 5.56 Å². The predicted octanol–water partition coefficient (Wildman–Crippen LogP) is -2.81. The first-order valence-corrected chi connectivity index (χ1v) is 16.0. The minimum Gasteiger partial charge on any atom is -0.460 e. The lowest BCUT2D eigenvalue weighted by Gasteiger charge is -2.23. The third kappa shape index (κ3) is 15.1. The van der Waals surface area contributed by atoms with Gasteiger partial charge < -0.3 is 60.0 Å². The molecule has 0 spiro atoms. The summed E-state index contributed by atoms with van der Waals surface area (Å²) in [5, 5.41) is 12.2. The molecule has 0 saturated heterocycles. The van der Waals surface area contributed by atoms with E-state index in [0.29, 0.717) is 0 Å². The SMILES string of the molecule is CC(C)[C@H](Nc1nc(N)c(C(=O)N=C(N)N)nc1Cl)C(=O)NCC(=O)N[C@@H](CCCN=C(N)N)C(=O)NCC(=O)NCC(=O)OCc1ccccc1. The smallest absolute Gasteiger partial charge is 0.325 e. The Labute approximate surface area is 303 Å². The maximum Gasteiger partial charge on any atom is 0.325 e. The van der Waals surface area contributed by atoms with Crippen molar-refractivity contribution in [2.24, 2.45) is 38.8 Å². The van der Waals surface area contributed by atoms with Crippen LogP contribution in [-0.4, -0.2) is 95.7 Å². The minimum absolute atomic E-state index is 0.0283. The third-order valence-corrected chi connectivity index (χ3v) is 6.93. The minimum atomic E-state index is -1.15. The lowest BCUT2D eigenvalue weighted by Crippen LogP contribution is -2.52. The Kier molecular flexibility index (Phi) is 17.0. The summed E-state index contributed by atoms with van der Waals surface area (Å²) in [5.74, 6) is -6.05. The molecule has 2 rings (SSSR count).